The maximum Gasteiger partial charge on any atom is 3.00 e. The van der Waals surface area contributed by atoms with Gasteiger partial charge >= 0.3 is 17.4 Å². The van der Waals surface area contributed by atoms with Gasteiger partial charge in [-0.25, -0.2) is 0 Å². The van der Waals surface area contributed by atoms with Gasteiger partial charge in [0.2, 0.25) is 0 Å². The van der Waals surface area contributed by atoms with Crippen molar-refractivity contribution in [3.05, 3.63) is 0 Å². The predicted molar refractivity (Wildman–Crippen MR) is 252 cm³/mol. The molecule has 1 radical (unpaired) electrons. The Kier molecular flexibility index (Phi) is 57.5. The van der Waals surface area contributed by atoms with Crippen LogP contribution in [0.1, 0.15) is 273 Å². The molecule has 10 heteroatoms. The first-order chi connectivity index (χ1) is 27.4. The molecule has 0 aromatic rings. The van der Waals surface area contributed by atoms with E-state index in [-0.39, 0.29) is 17.4 Å². The molecule has 0 amide bonds. The summed E-state index contributed by atoms with van der Waals surface area (Å²) in [7, 11) is -9.16. The first kappa shape index (κ1) is 65.7. The molecule has 0 rings (SSSR count). The van der Waals surface area contributed by atoms with Gasteiger partial charge in [-0.15, -0.1) is 0 Å². The largest absolute Gasteiger partial charge is 3.00 e. The summed E-state index contributed by atoms with van der Waals surface area (Å²) in [6.07, 6.45) is 44.4. The normalized spacial score (nSPS) is 11.7. The third-order valence-electron chi connectivity index (χ3n) is 11.1. The molecule has 6 nitrogen and oxygen atoms in total. The van der Waals surface area contributed by atoms with E-state index < -0.39 is 22.1 Å². The monoisotopic (exact) mass is 920 g/mol. The summed E-state index contributed by atoms with van der Waals surface area (Å²) in [6.45, 7) is 13.2. The Labute approximate surface area is 375 Å². The van der Waals surface area contributed by atoms with Crippen molar-refractivity contribution >= 4 is 22.1 Å². The molecule has 0 heterocycles. The molecular formula is C48H102CrO6P3. The van der Waals surface area contributed by atoms with Crippen molar-refractivity contribution in [1.82, 2.24) is 0 Å². The van der Waals surface area contributed by atoms with E-state index in [0.717, 1.165) is 77.0 Å². The minimum atomic E-state index is -3.05. The molecule has 0 aliphatic carbocycles. The van der Waals surface area contributed by atoms with Crippen molar-refractivity contribution in [2.45, 2.75) is 273 Å². The van der Waals surface area contributed by atoms with Gasteiger partial charge in [-0.3, -0.25) is 0 Å². The van der Waals surface area contributed by atoms with Gasteiger partial charge in [0.25, 0.3) is 0 Å². The van der Waals surface area contributed by atoms with Crippen LogP contribution in [0, 0.1) is 0 Å². The number of rotatable bonds is 42. The molecule has 0 atom stereocenters. The van der Waals surface area contributed by atoms with Gasteiger partial charge in [-0.1, -0.05) is 234 Å². The molecule has 0 saturated heterocycles. The third kappa shape index (κ3) is 59.2. The molecule has 0 spiro atoms. The number of unbranched alkanes of at least 4 members (excludes halogenated alkanes) is 30. The first-order valence-electron chi connectivity index (χ1n) is 25.2. The standard InChI is InChI=1S/3C16H35O2P.Cr/c3*1-3-5-7-9-11-13-15-19(17,18)16-14-12-10-8-6-4-2;/h3*3-16H2,1-2H3,(H,17,18);/q;;;+3/p-3. The molecule has 0 fully saturated rings. The van der Waals surface area contributed by atoms with Crippen molar-refractivity contribution in [3.8, 4) is 0 Å². The van der Waals surface area contributed by atoms with Crippen LogP contribution in [0.4, 0.5) is 0 Å². The summed E-state index contributed by atoms with van der Waals surface area (Å²) < 4.78 is 35.5. The molecule has 351 valence electrons. The van der Waals surface area contributed by atoms with Crippen molar-refractivity contribution < 1.29 is 45.7 Å². The molecule has 0 aromatic carbocycles. The second-order valence-electron chi connectivity index (χ2n) is 17.4. The maximum atomic E-state index is 11.8. The summed E-state index contributed by atoms with van der Waals surface area (Å²) in [5.74, 6) is 0. The first-order valence-corrected chi connectivity index (χ1v) is 31.2. The van der Waals surface area contributed by atoms with E-state index in [0.29, 0.717) is 37.0 Å². The Hall–Kier alpha value is 1.10. The summed E-state index contributed by atoms with van der Waals surface area (Å²) in [4.78, 5) is 35.5. The zero-order valence-electron chi connectivity index (χ0n) is 39.9. The predicted octanol–water partition coefficient (Wildman–Crippen LogP) is 16.0. The van der Waals surface area contributed by atoms with Crippen LogP contribution in [0.2, 0.25) is 0 Å². The maximum absolute atomic E-state index is 11.8. The van der Waals surface area contributed by atoms with Gasteiger partial charge < -0.3 is 28.4 Å². The van der Waals surface area contributed by atoms with Crippen LogP contribution in [0.25, 0.3) is 0 Å². The van der Waals surface area contributed by atoms with Crippen LogP contribution in [0.5, 0.6) is 0 Å². The summed E-state index contributed by atoms with van der Waals surface area (Å²) >= 11 is 0. The van der Waals surface area contributed by atoms with Gasteiger partial charge in [0.1, 0.15) is 0 Å². The van der Waals surface area contributed by atoms with Crippen LogP contribution in [0.15, 0.2) is 0 Å². The Bertz CT molecular complexity index is 748. The van der Waals surface area contributed by atoms with E-state index in [2.05, 4.69) is 41.5 Å². The molecular weight excluding hydrogens is 817 g/mol. The number of hydrogen-bond acceptors (Lipinski definition) is 6. The molecule has 0 aromatic heterocycles. The van der Waals surface area contributed by atoms with Crippen LogP contribution < -0.4 is 14.7 Å². The smallest absolute Gasteiger partial charge is 0.799 e. The average molecular weight is 920 g/mol. The van der Waals surface area contributed by atoms with E-state index >= 15 is 0 Å². The van der Waals surface area contributed by atoms with E-state index in [1.54, 1.807) is 0 Å². The van der Waals surface area contributed by atoms with E-state index in [9.17, 15) is 28.4 Å². The van der Waals surface area contributed by atoms with Crippen molar-refractivity contribution in [2.75, 3.05) is 37.0 Å². The molecule has 0 aliphatic heterocycles. The van der Waals surface area contributed by atoms with Crippen molar-refractivity contribution in [3.63, 3.8) is 0 Å². The summed E-state index contributed by atoms with van der Waals surface area (Å²) in [5, 5.41) is 0. The minimum absolute atomic E-state index is 0. The van der Waals surface area contributed by atoms with Crippen LogP contribution in [-0.4, -0.2) is 37.0 Å². The Balaban J connectivity index is -0.000000374. The molecule has 0 bridgehead atoms. The third-order valence-corrected chi connectivity index (χ3v) is 17.1. The van der Waals surface area contributed by atoms with E-state index in [4.69, 9.17) is 0 Å². The molecule has 0 unspecified atom stereocenters. The molecule has 0 saturated carbocycles. The molecule has 0 aliphatic rings. The SMILES string of the molecule is CCCCCCCCP(=O)([O-])CCCCCCCC.CCCCCCCCP(=O)([O-])CCCCCCCC.CCCCCCCCP(=O)([O-])CCCCCCCC.[Cr+3]. The van der Waals surface area contributed by atoms with E-state index in [1.165, 1.54) is 154 Å². The second-order valence-corrected chi connectivity index (χ2v) is 25.0. The Morgan fingerprint density at radius 1 is 0.224 bits per heavy atom. The minimum Gasteiger partial charge on any atom is -0.799 e. The fourth-order valence-corrected chi connectivity index (χ4v) is 12.0. The van der Waals surface area contributed by atoms with E-state index in [1.807, 2.05) is 0 Å². The van der Waals surface area contributed by atoms with Crippen molar-refractivity contribution in [2.24, 2.45) is 0 Å². The fraction of sp³-hybridized carbons (Fsp3) is 1.00. The average Bonchev–Trinajstić information content (AvgIpc) is 3.17. The number of hydrogen-bond donors (Lipinski definition) is 0. The van der Waals surface area contributed by atoms with Gasteiger partial charge in [0.15, 0.2) is 0 Å². The van der Waals surface area contributed by atoms with Gasteiger partial charge in [0.05, 0.1) is 0 Å². The molecule has 0 N–H and O–H groups in total. The second kappa shape index (κ2) is 50.7. The van der Waals surface area contributed by atoms with Crippen molar-refractivity contribution in [1.29, 1.82) is 0 Å². The Morgan fingerprint density at radius 3 is 0.448 bits per heavy atom. The Morgan fingerprint density at radius 2 is 0.328 bits per heavy atom. The fourth-order valence-electron chi connectivity index (χ4n) is 7.13. The molecule has 58 heavy (non-hydrogen) atoms. The topological polar surface area (TPSA) is 120 Å². The van der Waals surface area contributed by atoms with Crippen LogP contribution >= 0.6 is 22.1 Å². The van der Waals surface area contributed by atoms with Crippen LogP contribution in [-0.2, 0) is 31.1 Å². The summed E-state index contributed by atoms with van der Waals surface area (Å²) in [5.41, 5.74) is 0. The zero-order chi connectivity index (χ0) is 43.2. The van der Waals surface area contributed by atoms with Gasteiger partial charge in [-0.2, -0.15) is 0 Å². The summed E-state index contributed by atoms with van der Waals surface area (Å²) in [6, 6.07) is 0. The quantitative estimate of drug-likeness (QED) is 0.0444. The zero-order valence-corrected chi connectivity index (χ0v) is 43.9. The van der Waals surface area contributed by atoms with Gasteiger partial charge in [-0.05, 0) is 75.5 Å². The van der Waals surface area contributed by atoms with Crippen LogP contribution in [0.3, 0.4) is 0 Å². The van der Waals surface area contributed by atoms with Gasteiger partial charge in [0, 0.05) is 22.1 Å².